The quantitative estimate of drug-likeness (QED) is 0.428. The van der Waals surface area contributed by atoms with E-state index in [2.05, 4.69) is 20.4 Å². The monoisotopic (exact) mass is 403 g/mol. The maximum atomic E-state index is 5.87. The number of hydrogen-bond acceptors (Lipinski definition) is 8. The molecule has 8 nitrogen and oxygen atoms in total. The number of aromatic nitrogens is 5. The molecular weight excluding hydrogens is 390 g/mol. The third-order valence-corrected chi connectivity index (χ3v) is 4.89. The number of nitrogens with zero attached hydrogens (tertiary/aromatic N) is 5. The molecule has 3 aromatic heterocycles. The third-order valence-electron chi connectivity index (χ3n) is 3.63. The van der Waals surface area contributed by atoms with Crippen molar-refractivity contribution in [2.24, 2.45) is 7.05 Å². The van der Waals surface area contributed by atoms with Gasteiger partial charge in [0.15, 0.2) is 16.7 Å². The predicted octanol–water partition coefficient (Wildman–Crippen LogP) is 3.98. The number of thioether (sulfide) groups is 1. The standard InChI is InChI=1S/C17H14ClN5O3S/c1-23-14(9-25-12-6-4-11(18)5-7-12)19-22-17(23)27-10-15-20-21-16(26-15)13-3-2-8-24-13/h2-8H,9-10H2,1H3. The highest BCUT2D eigenvalue weighted by Crippen LogP contribution is 2.24. The molecule has 138 valence electrons. The molecule has 4 rings (SSSR count). The van der Waals surface area contributed by atoms with E-state index in [1.165, 1.54) is 11.8 Å². The van der Waals surface area contributed by atoms with E-state index < -0.39 is 0 Å². The fourth-order valence-electron chi connectivity index (χ4n) is 2.21. The van der Waals surface area contributed by atoms with Gasteiger partial charge in [-0.05, 0) is 36.4 Å². The average Bonchev–Trinajstić information content (AvgIpc) is 3.41. The minimum atomic E-state index is 0.300. The molecule has 0 aliphatic heterocycles. The van der Waals surface area contributed by atoms with Crippen LogP contribution in [0.5, 0.6) is 5.75 Å². The molecule has 0 fully saturated rings. The van der Waals surface area contributed by atoms with Crippen LogP contribution < -0.4 is 4.74 Å². The van der Waals surface area contributed by atoms with Crippen LogP contribution in [0.25, 0.3) is 11.7 Å². The number of halogens is 1. The van der Waals surface area contributed by atoms with Gasteiger partial charge in [0, 0.05) is 12.1 Å². The summed E-state index contributed by atoms with van der Waals surface area (Å²) in [6.45, 7) is 0.300. The highest BCUT2D eigenvalue weighted by Gasteiger charge is 2.14. The lowest BCUT2D eigenvalue weighted by Crippen LogP contribution is -2.04. The molecule has 0 aliphatic rings. The topological polar surface area (TPSA) is 92.0 Å². The summed E-state index contributed by atoms with van der Waals surface area (Å²) in [5.41, 5.74) is 0. The molecule has 0 atom stereocenters. The van der Waals surface area contributed by atoms with Gasteiger partial charge in [-0.25, -0.2) is 0 Å². The Morgan fingerprint density at radius 1 is 1.11 bits per heavy atom. The van der Waals surface area contributed by atoms with E-state index in [0.29, 0.717) is 46.5 Å². The van der Waals surface area contributed by atoms with Crippen molar-refractivity contribution in [3.05, 3.63) is 59.4 Å². The van der Waals surface area contributed by atoms with Gasteiger partial charge in [0.25, 0.3) is 5.89 Å². The molecular formula is C17H14ClN5O3S. The summed E-state index contributed by atoms with van der Waals surface area (Å²) in [6.07, 6.45) is 1.56. The molecule has 4 aromatic rings. The summed E-state index contributed by atoms with van der Waals surface area (Å²) >= 11 is 7.31. The van der Waals surface area contributed by atoms with Gasteiger partial charge in [-0.1, -0.05) is 23.4 Å². The Labute approximate surface area is 163 Å². The molecule has 0 saturated heterocycles. The molecule has 0 amide bonds. The van der Waals surface area contributed by atoms with Crippen molar-refractivity contribution < 1.29 is 13.6 Å². The molecule has 3 heterocycles. The first kappa shape index (κ1) is 17.6. The van der Waals surface area contributed by atoms with Crippen LogP contribution >= 0.6 is 23.4 Å². The molecule has 0 unspecified atom stereocenters. The number of furan rings is 1. The summed E-state index contributed by atoms with van der Waals surface area (Å²) in [5.74, 6) is 3.26. The van der Waals surface area contributed by atoms with Crippen LogP contribution in [0.15, 0.2) is 56.7 Å². The average molecular weight is 404 g/mol. The van der Waals surface area contributed by atoms with Gasteiger partial charge in [0.1, 0.15) is 12.4 Å². The van der Waals surface area contributed by atoms with E-state index in [1.54, 1.807) is 42.7 Å². The van der Waals surface area contributed by atoms with Crippen molar-refractivity contribution in [2.45, 2.75) is 17.5 Å². The number of benzene rings is 1. The molecule has 0 radical (unpaired) electrons. The highest BCUT2D eigenvalue weighted by atomic mass is 35.5. The molecule has 27 heavy (non-hydrogen) atoms. The van der Waals surface area contributed by atoms with E-state index in [4.69, 9.17) is 25.2 Å². The molecule has 0 saturated carbocycles. The van der Waals surface area contributed by atoms with Crippen molar-refractivity contribution in [1.82, 2.24) is 25.0 Å². The van der Waals surface area contributed by atoms with Crippen molar-refractivity contribution >= 4 is 23.4 Å². The minimum absolute atomic E-state index is 0.300. The lowest BCUT2D eigenvalue weighted by atomic mass is 10.3. The van der Waals surface area contributed by atoms with Gasteiger partial charge in [0.2, 0.25) is 5.89 Å². The third kappa shape index (κ3) is 4.15. The molecule has 0 N–H and O–H groups in total. The first-order valence-corrected chi connectivity index (χ1v) is 9.31. The predicted molar refractivity (Wildman–Crippen MR) is 98.3 cm³/mol. The fourth-order valence-corrected chi connectivity index (χ4v) is 3.11. The van der Waals surface area contributed by atoms with E-state index in [1.807, 2.05) is 11.6 Å². The van der Waals surface area contributed by atoms with Gasteiger partial charge in [-0.15, -0.1) is 20.4 Å². The van der Waals surface area contributed by atoms with Gasteiger partial charge < -0.3 is 18.1 Å². The Bertz CT molecular complexity index is 1010. The second kappa shape index (κ2) is 7.85. The van der Waals surface area contributed by atoms with Crippen molar-refractivity contribution in [1.29, 1.82) is 0 Å². The summed E-state index contributed by atoms with van der Waals surface area (Å²) in [7, 11) is 1.88. The molecule has 0 spiro atoms. The Morgan fingerprint density at radius 2 is 1.96 bits per heavy atom. The van der Waals surface area contributed by atoms with Gasteiger partial charge >= 0.3 is 0 Å². The smallest absolute Gasteiger partial charge is 0.283 e. The van der Waals surface area contributed by atoms with Gasteiger partial charge in [-0.3, -0.25) is 0 Å². The number of rotatable bonds is 7. The van der Waals surface area contributed by atoms with Crippen LogP contribution in [0, 0.1) is 0 Å². The SMILES string of the molecule is Cn1c(COc2ccc(Cl)cc2)nnc1SCc1nnc(-c2ccco2)o1. The Kier molecular flexibility index (Phi) is 5.12. The van der Waals surface area contributed by atoms with Crippen molar-refractivity contribution in [3.8, 4) is 17.4 Å². The molecule has 0 aliphatic carbocycles. The zero-order chi connectivity index (χ0) is 18.6. The summed E-state index contributed by atoms with van der Waals surface area (Å²) in [5, 5.41) is 17.7. The Morgan fingerprint density at radius 3 is 2.74 bits per heavy atom. The van der Waals surface area contributed by atoms with Crippen molar-refractivity contribution in [2.75, 3.05) is 0 Å². The Hall–Kier alpha value is -2.78. The van der Waals surface area contributed by atoms with Crippen LogP contribution in [-0.4, -0.2) is 25.0 Å². The lowest BCUT2D eigenvalue weighted by molar-refractivity contribution is 0.290. The first-order chi connectivity index (χ1) is 13.2. The second-order valence-corrected chi connectivity index (χ2v) is 6.85. The summed E-state index contributed by atoms with van der Waals surface area (Å²) in [4.78, 5) is 0. The largest absolute Gasteiger partial charge is 0.486 e. The fraction of sp³-hybridized carbons (Fsp3) is 0.176. The highest BCUT2D eigenvalue weighted by molar-refractivity contribution is 7.98. The van der Waals surface area contributed by atoms with Crippen LogP contribution in [0.3, 0.4) is 0 Å². The summed E-state index contributed by atoms with van der Waals surface area (Å²) in [6, 6.07) is 10.7. The van der Waals surface area contributed by atoms with Crippen LogP contribution in [0.1, 0.15) is 11.7 Å². The summed E-state index contributed by atoms with van der Waals surface area (Å²) < 4.78 is 18.4. The Balaban J connectivity index is 1.35. The van der Waals surface area contributed by atoms with E-state index in [-0.39, 0.29) is 0 Å². The van der Waals surface area contributed by atoms with Crippen molar-refractivity contribution in [3.63, 3.8) is 0 Å². The molecule has 0 bridgehead atoms. The van der Waals surface area contributed by atoms with Crippen LogP contribution in [0.2, 0.25) is 5.02 Å². The zero-order valence-corrected chi connectivity index (χ0v) is 15.8. The first-order valence-electron chi connectivity index (χ1n) is 7.95. The maximum absolute atomic E-state index is 5.87. The zero-order valence-electron chi connectivity index (χ0n) is 14.2. The van der Waals surface area contributed by atoms with Gasteiger partial charge in [-0.2, -0.15) is 0 Å². The van der Waals surface area contributed by atoms with Gasteiger partial charge in [0.05, 0.1) is 12.0 Å². The van der Waals surface area contributed by atoms with Crippen LogP contribution in [0.4, 0.5) is 0 Å². The van der Waals surface area contributed by atoms with Crippen LogP contribution in [-0.2, 0) is 19.4 Å². The molecule has 1 aromatic carbocycles. The normalized spacial score (nSPS) is 11.0. The molecule has 10 heteroatoms. The maximum Gasteiger partial charge on any atom is 0.283 e. The van der Waals surface area contributed by atoms with E-state index in [9.17, 15) is 0 Å². The number of hydrogen-bond donors (Lipinski definition) is 0. The number of ether oxygens (including phenoxy) is 1. The lowest BCUT2D eigenvalue weighted by Gasteiger charge is -2.06. The minimum Gasteiger partial charge on any atom is -0.486 e. The van der Waals surface area contributed by atoms with E-state index in [0.717, 1.165) is 5.16 Å². The second-order valence-electron chi connectivity index (χ2n) is 5.47. The van der Waals surface area contributed by atoms with E-state index >= 15 is 0 Å².